The van der Waals surface area contributed by atoms with Gasteiger partial charge >= 0.3 is 5.97 Å². The number of aryl methyl sites for hydroxylation is 1. The predicted octanol–water partition coefficient (Wildman–Crippen LogP) is 2.88. The van der Waals surface area contributed by atoms with Gasteiger partial charge in [0.15, 0.2) is 5.13 Å². The van der Waals surface area contributed by atoms with Gasteiger partial charge in [-0.25, -0.2) is 4.98 Å². The number of methoxy groups -OCH3 is 1. The molecule has 134 valence electrons. The second-order valence-electron chi connectivity index (χ2n) is 5.27. The SMILES string of the molecule is COc1ccc(OCCCC(=O)Nc2nc(C)c(CC(=O)O)s2)cc1. The van der Waals surface area contributed by atoms with Gasteiger partial charge in [-0.2, -0.15) is 0 Å². The fourth-order valence-electron chi connectivity index (χ4n) is 2.06. The highest BCUT2D eigenvalue weighted by Gasteiger charge is 2.12. The molecule has 0 aliphatic carbocycles. The Morgan fingerprint density at radius 2 is 1.92 bits per heavy atom. The van der Waals surface area contributed by atoms with Crippen LogP contribution in [0.3, 0.4) is 0 Å². The van der Waals surface area contributed by atoms with Crippen molar-refractivity contribution in [3.63, 3.8) is 0 Å². The number of benzene rings is 1. The maximum Gasteiger partial charge on any atom is 0.308 e. The lowest BCUT2D eigenvalue weighted by Gasteiger charge is -2.07. The Morgan fingerprint density at radius 1 is 1.24 bits per heavy atom. The topological polar surface area (TPSA) is 97.8 Å². The molecule has 7 nitrogen and oxygen atoms in total. The Labute approximate surface area is 149 Å². The van der Waals surface area contributed by atoms with Gasteiger partial charge in [0.2, 0.25) is 5.91 Å². The number of rotatable bonds is 9. The Hall–Kier alpha value is -2.61. The number of hydrogen-bond donors (Lipinski definition) is 2. The van der Waals surface area contributed by atoms with Crippen molar-refractivity contribution >= 4 is 28.3 Å². The summed E-state index contributed by atoms with van der Waals surface area (Å²) in [4.78, 5) is 27.5. The van der Waals surface area contributed by atoms with Gasteiger partial charge in [0.25, 0.3) is 0 Å². The molecule has 0 spiro atoms. The number of thiazole rings is 1. The van der Waals surface area contributed by atoms with E-state index in [4.69, 9.17) is 14.6 Å². The van der Waals surface area contributed by atoms with Crippen molar-refractivity contribution in [2.75, 3.05) is 19.0 Å². The Kier molecular flexibility index (Phi) is 6.76. The molecule has 0 atom stereocenters. The third-order valence-corrected chi connectivity index (χ3v) is 4.40. The molecule has 25 heavy (non-hydrogen) atoms. The zero-order chi connectivity index (χ0) is 18.2. The maximum atomic E-state index is 11.9. The minimum Gasteiger partial charge on any atom is -0.497 e. The van der Waals surface area contributed by atoms with Crippen molar-refractivity contribution in [1.82, 2.24) is 4.98 Å². The van der Waals surface area contributed by atoms with E-state index in [0.29, 0.717) is 35.2 Å². The van der Waals surface area contributed by atoms with E-state index in [0.717, 1.165) is 11.5 Å². The van der Waals surface area contributed by atoms with Crippen LogP contribution in [0, 0.1) is 6.92 Å². The Morgan fingerprint density at radius 3 is 2.56 bits per heavy atom. The summed E-state index contributed by atoms with van der Waals surface area (Å²) in [6, 6.07) is 7.23. The molecular formula is C17H20N2O5S. The first-order valence-corrected chi connectivity index (χ1v) is 8.54. The van der Waals surface area contributed by atoms with E-state index in [2.05, 4.69) is 10.3 Å². The third-order valence-electron chi connectivity index (χ3n) is 3.33. The van der Waals surface area contributed by atoms with Crippen LogP contribution >= 0.6 is 11.3 Å². The van der Waals surface area contributed by atoms with Crippen LogP contribution in [0.2, 0.25) is 0 Å². The van der Waals surface area contributed by atoms with Crippen molar-refractivity contribution in [3.8, 4) is 11.5 Å². The number of hydrogen-bond acceptors (Lipinski definition) is 6. The van der Waals surface area contributed by atoms with E-state index >= 15 is 0 Å². The second kappa shape index (κ2) is 9.03. The highest BCUT2D eigenvalue weighted by molar-refractivity contribution is 7.16. The predicted molar refractivity (Wildman–Crippen MR) is 94.5 cm³/mol. The minimum atomic E-state index is -0.916. The Bertz CT molecular complexity index is 727. The van der Waals surface area contributed by atoms with Crippen molar-refractivity contribution in [2.45, 2.75) is 26.2 Å². The molecule has 8 heteroatoms. The fourth-order valence-corrected chi connectivity index (χ4v) is 3.03. The summed E-state index contributed by atoms with van der Waals surface area (Å²) in [6.07, 6.45) is 0.766. The number of amides is 1. The van der Waals surface area contributed by atoms with Crippen LogP contribution in [0.25, 0.3) is 0 Å². The number of nitrogens with zero attached hydrogens (tertiary/aromatic N) is 1. The molecule has 0 saturated carbocycles. The van der Waals surface area contributed by atoms with Gasteiger partial charge in [-0.15, -0.1) is 11.3 Å². The number of anilines is 1. The number of ether oxygens (including phenoxy) is 2. The van der Waals surface area contributed by atoms with E-state index in [1.165, 1.54) is 11.3 Å². The van der Waals surface area contributed by atoms with Crippen LogP contribution < -0.4 is 14.8 Å². The van der Waals surface area contributed by atoms with Gasteiger partial charge < -0.3 is 19.9 Å². The fraction of sp³-hybridized carbons (Fsp3) is 0.353. The molecule has 1 aromatic heterocycles. The lowest BCUT2D eigenvalue weighted by molar-refractivity contribution is -0.136. The maximum absolute atomic E-state index is 11.9. The number of carbonyl (C=O) groups excluding carboxylic acids is 1. The monoisotopic (exact) mass is 364 g/mol. The quantitative estimate of drug-likeness (QED) is 0.664. The Balaban J connectivity index is 1.72. The van der Waals surface area contributed by atoms with Gasteiger partial charge in [-0.05, 0) is 37.6 Å². The molecule has 0 fully saturated rings. The molecule has 0 aliphatic rings. The van der Waals surface area contributed by atoms with Gasteiger partial charge in [0.05, 0.1) is 25.8 Å². The van der Waals surface area contributed by atoms with Gasteiger partial charge in [0, 0.05) is 11.3 Å². The molecule has 0 unspecified atom stereocenters. The first-order chi connectivity index (χ1) is 12.0. The van der Waals surface area contributed by atoms with E-state index in [1.54, 1.807) is 26.2 Å². The number of carbonyl (C=O) groups is 2. The average Bonchev–Trinajstić information content (AvgIpc) is 2.90. The molecule has 2 N–H and O–H groups in total. The number of nitrogens with one attached hydrogen (secondary N) is 1. The molecule has 1 aromatic carbocycles. The molecule has 1 heterocycles. The zero-order valence-electron chi connectivity index (χ0n) is 14.1. The number of aliphatic carboxylic acids is 1. The molecule has 2 rings (SSSR count). The van der Waals surface area contributed by atoms with Crippen LogP contribution in [0.4, 0.5) is 5.13 Å². The molecule has 2 aromatic rings. The lowest BCUT2D eigenvalue weighted by atomic mass is 10.3. The normalized spacial score (nSPS) is 10.3. The molecule has 0 aliphatic heterocycles. The van der Waals surface area contributed by atoms with Crippen LogP contribution in [0.5, 0.6) is 11.5 Å². The average molecular weight is 364 g/mol. The van der Waals surface area contributed by atoms with Crippen LogP contribution in [0.15, 0.2) is 24.3 Å². The van der Waals surface area contributed by atoms with Gasteiger partial charge in [-0.1, -0.05) is 0 Å². The molecule has 1 amide bonds. The van der Waals surface area contributed by atoms with Crippen molar-refractivity contribution in [1.29, 1.82) is 0 Å². The number of carboxylic acid groups (broad SMARTS) is 1. The summed E-state index contributed by atoms with van der Waals surface area (Å²) in [6.45, 7) is 2.15. The molecule has 0 bridgehead atoms. The van der Waals surface area contributed by atoms with Crippen molar-refractivity contribution in [3.05, 3.63) is 34.8 Å². The molecule has 0 saturated heterocycles. The molecular weight excluding hydrogens is 344 g/mol. The first-order valence-electron chi connectivity index (χ1n) is 7.72. The van der Waals surface area contributed by atoms with E-state index < -0.39 is 5.97 Å². The van der Waals surface area contributed by atoms with Gasteiger partial charge in [0.1, 0.15) is 11.5 Å². The summed E-state index contributed by atoms with van der Waals surface area (Å²) >= 11 is 1.19. The van der Waals surface area contributed by atoms with E-state index in [9.17, 15) is 9.59 Å². The number of carboxylic acids is 1. The van der Waals surface area contributed by atoms with Crippen molar-refractivity contribution in [2.24, 2.45) is 0 Å². The summed E-state index contributed by atoms with van der Waals surface area (Å²) in [5.74, 6) is 0.386. The minimum absolute atomic E-state index is 0.0882. The standard InChI is InChI=1S/C17H20N2O5S/c1-11-14(10-16(21)22)25-17(18-11)19-15(20)4-3-9-24-13-7-5-12(23-2)6-8-13/h5-8H,3-4,9-10H2,1-2H3,(H,21,22)(H,18,19,20). The molecule has 0 radical (unpaired) electrons. The van der Waals surface area contributed by atoms with E-state index in [-0.39, 0.29) is 12.3 Å². The van der Waals surface area contributed by atoms with Crippen LogP contribution in [0.1, 0.15) is 23.4 Å². The highest BCUT2D eigenvalue weighted by atomic mass is 32.1. The highest BCUT2D eigenvalue weighted by Crippen LogP contribution is 2.23. The third kappa shape index (κ3) is 6.07. The largest absolute Gasteiger partial charge is 0.497 e. The van der Waals surface area contributed by atoms with Crippen LogP contribution in [-0.4, -0.2) is 35.7 Å². The summed E-state index contributed by atoms with van der Waals surface area (Å²) < 4.78 is 10.6. The van der Waals surface area contributed by atoms with Crippen LogP contribution in [-0.2, 0) is 16.0 Å². The summed E-state index contributed by atoms with van der Waals surface area (Å²) in [7, 11) is 1.60. The summed E-state index contributed by atoms with van der Waals surface area (Å²) in [5.41, 5.74) is 0.630. The lowest BCUT2D eigenvalue weighted by Crippen LogP contribution is -2.12. The van der Waals surface area contributed by atoms with E-state index in [1.807, 2.05) is 12.1 Å². The first kappa shape index (κ1) is 18.7. The number of aromatic nitrogens is 1. The van der Waals surface area contributed by atoms with Crippen molar-refractivity contribution < 1.29 is 24.2 Å². The second-order valence-corrected chi connectivity index (χ2v) is 6.36. The van der Waals surface area contributed by atoms with Gasteiger partial charge in [-0.3, -0.25) is 9.59 Å². The summed E-state index contributed by atoms with van der Waals surface area (Å²) in [5, 5.41) is 11.9. The smallest absolute Gasteiger partial charge is 0.308 e. The zero-order valence-corrected chi connectivity index (χ0v) is 14.9.